The summed E-state index contributed by atoms with van der Waals surface area (Å²) in [5.41, 5.74) is 0. The number of rotatable bonds is 8. The van der Waals surface area contributed by atoms with E-state index in [9.17, 15) is 4.79 Å². The first-order chi connectivity index (χ1) is 11.7. The van der Waals surface area contributed by atoms with Crippen LogP contribution in [0.25, 0.3) is 0 Å². The van der Waals surface area contributed by atoms with Crippen molar-refractivity contribution in [2.75, 3.05) is 26.2 Å². The smallest absolute Gasteiger partial charge is 0.224 e. The summed E-state index contributed by atoms with van der Waals surface area (Å²) >= 11 is 0. The molecule has 0 fully saturated rings. The Morgan fingerprint density at radius 2 is 2.00 bits per heavy atom. The summed E-state index contributed by atoms with van der Waals surface area (Å²) in [7, 11) is 0. The van der Waals surface area contributed by atoms with E-state index in [0.717, 1.165) is 50.7 Å². The molecule has 25 heavy (non-hydrogen) atoms. The Morgan fingerprint density at radius 1 is 1.24 bits per heavy atom. The summed E-state index contributed by atoms with van der Waals surface area (Å²) in [6, 6.07) is 0. The second-order valence-electron chi connectivity index (χ2n) is 5.73. The van der Waals surface area contributed by atoms with Crippen LogP contribution < -0.4 is 10.6 Å². The van der Waals surface area contributed by atoms with E-state index in [4.69, 9.17) is 0 Å². The molecule has 2 heterocycles. The van der Waals surface area contributed by atoms with Crippen LogP contribution in [0.4, 0.5) is 0 Å². The molecule has 0 atom stereocenters. The number of amides is 1. The van der Waals surface area contributed by atoms with Gasteiger partial charge in [0.1, 0.15) is 12.4 Å². The molecule has 9 heteroatoms. The zero-order valence-corrected chi connectivity index (χ0v) is 17.7. The molecular formula is C16H30IN7O. The minimum Gasteiger partial charge on any atom is -0.357 e. The predicted molar refractivity (Wildman–Crippen MR) is 109 cm³/mol. The first-order valence-electron chi connectivity index (χ1n) is 8.90. The third-order valence-corrected chi connectivity index (χ3v) is 4.16. The number of hydrogen-bond donors (Lipinski definition) is 2. The molecule has 2 rings (SSSR count). The molecule has 0 saturated heterocycles. The first-order valence-corrected chi connectivity index (χ1v) is 8.90. The third-order valence-electron chi connectivity index (χ3n) is 4.16. The first kappa shape index (κ1) is 21.7. The van der Waals surface area contributed by atoms with Gasteiger partial charge in [-0.25, -0.2) is 4.99 Å². The molecule has 142 valence electrons. The number of aromatic nitrogens is 3. The predicted octanol–water partition coefficient (Wildman–Crippen LogP) is 1.16. The summed E-state index contributed by atoms with van der Waals surface area (Å²) in [6.07, 6.45) is 2.60. The quantitative estimate of drug-likeness (QED) is 0.343. The molecule has 8 nitrogen and oxygen atoms in total. The largest absolute Gasteiger partial charge is 0.357 e. The number of halogens is 1. The van der Waals surface area contributed by atoms with Crippen LogP contribution in [-0.2, 0) is 24.3 Å². The average Bonchev–Trinajstić information content (AvgIpc) is 3.17. The molecular weight excluding hydrogens is 433 g/mol. The van der Waals surface area contributed by atoms with Gasteiger partial charge in [0.15, 0.2) is 11.8 Å². The van der Waals surface area contributed by atoms with E-state index in [0.29, 0.717) is 25.5 Å². The number of fused-ring (bicyclic) bond motifs is 1. The topological polar surface area (TPSA) is 87.4 Å². The minimum absolute atomic E-state index is 0. The Bertz CT molecular complexity index is 569. The Balaban J connectivity index is 0.00000312. The van der Waals surface area contributed by atoms with Crippen molar-refractivity contribution in [2.45, 2.75) is 53.1 Å². The van der Waals surface area contributed by atoms with Gasteiger partial charge in [-0.05, 0) is 27.2 Å². The summed E-state index contributed by atoms with van der Waals surface area (Å²) in [4.78, 5) is 18.4. The Hall–Kier alpha value is -1.39. The summed E-state index contributed by atoms with van der Waals surface area (Å²) in [6.45, 7) is 10.3. The lowest BCUT2D eigenvalue weighted by Crippen LogP contribution is -2.40. The molecule has 0 radical (unpaired) electrons. The Kier molecular flexibility index (Phi) is 9.76. The molecule has 0 aromatic carbocycles. The number of aryl methyl sites for hydroxylation is 1. The summed E-state index contributed by atoms with van der Waals surface area (Å²) in [5.74, 6) is 2.83. The SMILES string of the molecule is CCNC(=NCc1nnc2n1CCC2)NCCC(=O)N(CC)CC.I. The third kappa shape index (κ3) is 6.12. The molecule has 1 amide bonds. The maximum atomic E-state index is 12.0. The van der Waals surface area contributed by atoms with Gasteiger partial charge in [0, 0.05) is 45.6 Å². The Labute approximate surface area is 166 Å². The normalized spacial score (nSPS) is 13.2. The van der Waals surface area contributed by atoms with Crippen LogP contribution in [-0.4, -0.2) is 57.7 Å². The van der Waals surface area contributed by atoms with Crippen molar-refractivity contribution in [3.8, 4) is 0 Å². The minimum atomic E-state index is 0. The highest BCUT2D eigenvalue weighted by molar-refractivity contribution is 14.0. The summed E-state index contributed by atoms with van der Waals surface area (Å²) in [5, 5.41) is 14.8. The zero-order chi connectivity index (χ0) is 17.4. The fourth-order valence-electron chi connectivity index (χ4n) is 2.84. The van der Waals surface area contributed by atoms with E-state index in [1.165, 1.54) is 0 Å². The fraction of sp³-hybridized carbons (Fsp3) is 0.750. The maximum Gasteiger partial charge on any atom is 0.224 e. The molecule has 0 bridgehead atoms. The monoisotopic (exact) mass is 463 g/mol. The number of nitrogens with one attached hydrogen (secondary N) is 2. The van der Waals surface area contributed by atoms with Gasteiger partial charge in [-0.1, -0.05) is 0 Å². The van der Waals surface area contributed by atoms with Crippen molar-refractivity contribution in [1.82, 2.24) is 30.3 Å². The molecule has 0 unspecified atom stereocenters. The van der Waals surface area contributed by atoms with Gasteiger partial charge < -0.3 is 20.1 Å². The van der Waals surface area contributed by atoms with Crippen molar-refractivity contribution in [2.24, 2.45) is 4.99 Å². The number of hydrogen-bond acceptors (Lipinski definition) is 4. The van der Waals surface area contributed by atoms with Crippen LogP contribution in [0.2, 0.25) is 0 Å². The van der Waals surface area contributed by atoms with Crippen LogP contribution in [0.3, 0.4) is 0 Å². The molecule has 0 aliphatic carbocycles. The number of nitrogens with zero attached hydrogens (tertiary/aromatic N) is 5. The van der Waals surface area contributed by atoms with Crippen molar-refractivity contribution in [3.05, 3.63) is 11.6 Å². The van der Waals surface area contributed by atoms with Gasteiger partial charge in [-0.15, -0.1) is 34.2 Å². The standard InChI is InChI=1S/C16H29N7O.HI/c1-4-17-16(18-10-9-15(24)22(5-2)6-3)19-12-14-21-20-13-8-7-11-23(13)14;/h4-12H2,1-3H3,(H2,17,18,19);1H. The lowest BCUT2D eigenvalue weighted by molar-refractivity contribution is -0.130. The summed E-state index contributed by atoms with van der Waals surface area (Å²) < 4.78 is 2.15. The van der Waals surface area contributed by atoms with Crippen molar-refractivity contribution >= 4 is 35.8 Å². The van der Waals surface area contributed by atoms with Gasteiger partial charge >= 0.3 is 0 Å². The van der Waals surface area contributed by atoms with E-state index in [1.54, 1.807) is 0 Å². The van der Waals surface area contributed by atoms with Crippen LogP contribution >= 0.6 is 24.0 Å². The fourth-order valence-corrected chi connectivity index (χ4v) is 2.84. The van der Waals surface area contributed by atoms with E-state index in [-0.39, 0.29) is 29.9 Å². The molecule has 1 aliphatic rings. The van der Waals surface area contributed by atoms with Crippen LogP contribution in [0.1, 0.15) is 45.3 Å². The van der Waals surface area contributed by atoms with Crippen LogP contribution in [0.15, 0.2) is 4.99 Å². The van der Waals surface area contributed by atoms with E-state index in [1.807, 2.05) is 25.7 Å². The van der Waals surface area contributed by atoms with Gasteiger partial charge in [-0.2, -0.15) is 0 Å². The highest BCUT2D eigenvalue weighted by Gasteiger charge is 2.16. The van der Waals surface area contributed by atoms with Crippen LogP contribution in [0.5, 0.6) is 0 Å². The number of carbonyl (C=O) groups excluding carboxylic acids is 1. The maximum absolute atomic E-state index is 12.0. The highest BCUT2D eigenvalue weighted by Crippen LogP contribution is 2.14. The second-order valence-corrected chi connectivity index (χ2v) is 5.73. The molecule has 0 spiro atoms. The lowest BCUT2D eigenvalue weighted by Gasteiger charge is -2.19. The molecule has 1 aromatic heterocycles. The zero-order valence-electron chi connectivity index (χ0n) is 15.4. The number of carbonyl (C=O) groups is 1. The van der Waals surface area contributed by atoms with Gasteiger partial charge in [-0.3, -0.25) is 4.79 Å². The van der Waals surface area contributed by atoms with E-state index >= 15 is 0 Å². The van der Waals surface area contributed by atoms with Crippen LogP contribution in [0, 0.1) is 0 Å². The number of guanidine groups is 1. The molecule has 2 N–H and O–H groups in total. The van der Waals surface area contributed by atoms with E-state index in [2.05, 4.69) is 30.4 Å². The van der Waals surface area contributed by atoms with Crippen molar-refractivity contribution < 1.29 is 4.79 Å². The van der Waals surface area contributed by atoms with Gasteiger partial charge in [0.05, 0.1) is 0 Å². The molecule has 1 aromatic rings. The van der Waals surface area contributed by atoms with Crippen molar-refractivity contribution in [3.63, 3.8) is 0 Å². The molecule has 0 saturated carbocycles. The highest BCUT2D eigenvalue weighted by atomic mass is 127. The Morgan fingerprint density at radius 3 is 2.68 bits per heavy atom. The second kappa shape index (κ2) is 11.3. The van der Waals surface area contributed by atoms with Crippen molar-refractivity contribution in [1.29, 1.82) is 0 Å². The molecule has 1 aliphatic heterocycles. The lowest BCUT2D eigenvalue weighted by atomic mass is 10.3. The van der Waals surface area contributed by atoms with E-state index < -0.39 is 0 Å². The number of aliphatic imine (C=N–C) groups is 1. The van der Waals surface area contributed by atoms with Gasteiger partial charge in [0.25, 0.3) is 0 Å². The average molecular weight is 463 g/mol. The van der Waals surface area contributed by atoms with Gasteiger partial charge in [0.2, 0.25) is 5.91 Å².